The number of nitrogens with one attached hydrogen (secondary N) is 1. The lowest BCUT2D eigenvalue weighted by molar-refractivity contribution is 0.287. The highest BCUT2D eigenvalue weighted by molar-refractivity contribution is 5.72. The largest absolute Gasteiger partial charge is 0.486 e. The zero-order valence-electron chi connectivity index (χ0n) is 22.6. The zero-order valence-corrected chi connectivity index (χ0v) is 22.6. The fourth-order valence-corrected chi connectivity index (χ4v) is 5.28. The molecule has 2 aliphatic rings. The quantitative estimate of drug-likeness (QED) is 0.502. The summed E-state index contributed by atoms with van der Waals surface area (Å²) in [6.45, 7) is 9.84. The lowest BCUT2D eigenvalue weighted by Gasteiger charge is -2.34. The van der Waals surface area contributed by atoms with Crippen LogP contribution in [0.25, 0.3) is 11.3 Å². The predicted octanol–water partition coefficient (Wildman–Crippen LogP) is 4.09. The van der Waals surface area contributed by atoms with Crippen molar-refractivity contribution in [1.82, 2.24) is 20.2 Å². The summed E-state index contributed by atoms with van der Waals surface area (Å²) in [5.41, 5.74) is 4.62. The van der Waals surface area contributed by atoms with Crippen molar-refractivity contribution in [2.75, 3.05) is 63.2 Å². The normalized spacial score (nSPS) is 15.7. The second-order valence-corrected chi connectivity index (χ2v) is 10.5. The summed E-state index contributed by atoms with van der Waals surface area (Å²) >= 11 is 0. The fraction of sp³-hybridized carbons (Fsp3) is 0.448. The zero-order chi connectivity index (χ0) is 26.8. The monoisotopic (exact) mass is 522 g/mol. The Labute approximate surface area is 223 Å². The van der Waals surface area contributed by atoms with Gasteiger partial charge in [0.25, 0.3) is 0 Å². The summed E-state index contributed by atoms with van der Waals surface area (Å²) in [7, 11) is 4.12. The molecule has 38 heavy (non-hydrogen) atoms. The summed E-state index contributed by atoms with van der Waals surface area (Å²) in [5.74, 6) is -0.397. The van der Waals surface area contributed by atoms with E-state index in [-0.39, 0.29) is 17.5 Å². The van der Waals surface area contributed by atoms with Gasteiger partial charge in [-0.15, -0.1) is 0 Å². The third-order valence-electron chi connectivity index (χ3n) is 7.05. The summed E-state index contributed by atoms with van der Waals surface area (Å²) in [6, 6.07) is 9.68. The smallest absolute Gasteiger partial charge is 0.178 e. The van der Waals surface area contributed by atoms with Gasteiger partial charge < -0.3 is 24.8 Å². The first-order chi connectivity index (χ1) is 18.3. The molecule has 2 aromatic carbocycles. The van der Waals surface area contributed by atoms with E-state index in [1.807, 2.05) is 13.8 Å². The maximum absolute atomic E-state index is 15.0. The number of hydrogen-bond acceptors (Lipinski definition) is 7. The molecular weight excluding hydrogens is 486 g/mol. The molecule has 1 fully saturated rings. The van der Waals surface area contributed by atoms with Gasteiger partial charge in [-0.2, -0.15) is 0 Å². The van der Waals surface area contributed by atoms with Gasteiger partial charge in [-0.1, -0.05) is 12.1 Å². The Morgan fingerprint density at radius 3 is 2.55 bits per heavy atom. The van der Waals surface area contributed by atoms with E-state index in [1.54, 1.807) is 6.07 Å². The number of piperazine rings is 1. The molecule has 0 atom stereocenters. The summed E-state index contributed by atoms with van der Waals surface area (Å²) in [6.07, 6.45) is 1.63. The van der Waals surface area contributed by atoms with Crippen LogP contribution in [0, 0.1) is 11.6 Å². The molecule has 0 bridgehead atoms. The van der Waals surface area contributed by atoms with E-state index in [2.05, 4.69) is 62.3 Å². The molecule has 3 heterocycles. The van der Waals surface area contributed by atoms with Crippen LogP contribution in [-0.4, -0.2) is 74.3 Å². The Kier molecular flexibility index (Phi) is 7.76. The van der Waals surface area contributed by atoms with E-state index in [9.17, 15) is 4.39 Å². The molecule has 0 aliphatic carbocycles. The van der Waals surface area contributed by atoms with Crippen molar-refractivity contribution in [3.05, 3.63) is 65.1 Å². The van der Waals surface area contributed by atoms with Crippen LogP contribution in [0.1, 0.15) is 30.8 Å². The standard InChI is InChI=1S/C29H36F2N6O/c1-19(2)37-11-12-38-29-23(30)15-21(16-26(29)37)28-24(31)17-33-27(34-28)14-20-5-6-25(22(13-20)18-35(3)4)36-9-7-32-8-10-36/h5-6,13,15-17,19,32H,7-12,14,18H2,1-4H3. The lowest BCUT2D eigenvalue weighted by Crippen LogP contribution is -2.44. The summed E-state index contributed by atoms with van der Waals surface area (Å²) in [5, 5.41) is 3.41. The average molecular weight is 523 g/mol. The molecule has 5 rings (SSSR count). The number of fused-ring (bicyclic) bond motifs is 1. The molecule has 1 N–H and O–H groups in total. The van der Waals surface area contributed by atoms with Crippen molar-refractivity contribution >= 4 is 11.4 Å². The Morgan fingerprint density at radius 1 is 1.03 bits per heavy atom. The molecule has 1 aromatic heterocycles. The van der Waals surface area contributed by atoms with E-state index < -0.39 is 11.6 Å². The molecular formula is C29H36F2N6O. The Bertz CT molecular complexity index is 1290. The number of anilines is 2. The SMILES string of the molecule is CC(C)N1CCOc2c(F)cc(-c3nc(Cc4ccc(N5CCNCC5)c(CN(C)C)c4)ncc3F)cc21. The highest BCUT2D eigenvalue weighted by Gasteiger charge is 2.26. The van der Waals surface area contributed by atoms with Crippen molar-refractivity contribution < 1.29 is 13.5 Å². The summed E-state index contributed by atoms with van der Waals surface area (Å²) < 4.78 is 35.6. The third kappa shape index (κ3) is 5.59. The van der Waals surface area contributed by atoms with Crippen LogP contribution in [0.4, 0.5) is 20.2 Å². The van der Waals surface area contributed by atoms with Crippen molar-refractivity contribution in [3.8, 4) is 17.0 Å². The molecule has 0 spiro atoms. The average Bonchev–Trinajstić information content (AvgIpc) is 2.89. The van der Waals surface area contributed by atoms with E-state index in [0.29, 0.717) is 36.6 Å². The first kappa shape index (κ1) is 26.3. The van der Waals surface area contributed by atoms with Crippen LogP contribution >= 0.6 is 0 Å². The number of nitrogens with zero attached hydrogens (tertiary/aromatic N) is 5. The van der Waals surface area contributed by atoms with Gasteiger partial charge in [-0.3, -0.25) is 0 Å². The molecule has 0 radical (unpaired) electrons. The Morgan fingerprint density at radius 2 is 1.82 bits per heavy atom. The molecule has 9 heteroatoms. The first-order valence-electron chi connectivity index (χ1n) is 13.3. The topological polar surface area (TPSA) is 56.8 Å². The second kappa shape index (κ2) is 11.2. The Balaban J connectivity index is 1.46. The van der Waals surface area contributed by atoms with Gasteiger partial charge in [0.1, 0.15) is 18.1 Å². The number of aromatic nitrogens is 2. The van der Waals surface area contributed by atoms with Crippen molar-refractivity contribution in [2.45, 2.75) is 32.9 Å². The van der Waals surface area contributed by atoms with E-state index in [0.717, 1.165) is 38.3 Å². The Hall–Kier alpha value is -3.30. The number of rotatable bonds is 7. The number of hydrogen-bond donors (Lipinski definition) is 1. The van der Waals surface area contributed by atoms with Crippen LogP contribution in [0.15, 0.2) is 36.5 Å². The number of halogens is 2. The molecule has 0 unspecified atom stereocenters. The van der Waals surface area contributed by atoms with Gasteiger partial charge >= 0.3 is 0 Å². The molecule has 202 valence electrons. The molecule has 0 saturated carbocycles. The first-order valence-corrected chi connectivity index (χ1v) is 13.3. The minimum Gasteiger partial charge on any atom is -0.486 e. The fourth-order valence-electron chi connectivity index (χ4n) is 5.28. The van der Waals surface area contributed by atoms with Gasteiger partial charge in [-0.05, 0) is 57.3 Å². The van der Waals surface area contributed by atoms with Crippen LogP contribution in [0.2, 0.25) is 0 Å². The maximum atomic E-state index is 15.0. The predicted molar refractivity (Wildman–Crippen MR) is 147 cm³/mol. The van der Waals surface area contributed by atoms with Gasteiger partial charge in [0.05, 0.1) is 18.4 Å². The van der Waals surface area contributed by atoms with Crippen LogP contribution in [0.3, 0.4) is 0 Å². The molecule has 2 aliphatic heterocycles. The van der Waals surface area contributed by atoms with Crippen molar-refractivity contribution in [2.24, 2.45) is 0 Å². The van der Waals surface area contributed by atoms with Crippen LogP contribution in [0.5, 0.6) is 5.75 Å². The van der Waals surface area contributed by atoms with E-state index in [1.165, 1.54) is 23.5 Å². The van der Waals surface area contributed by atoms with E-state index >= 15 is 4.39 Å². The van der Waals surface area contributed by atoms with Gasteiger partial charge in [0.15, 0.2) is 17.4 Å². The molecule has 3 aromatic rings. The van der Waals surface area contributed by atoms with Gasteiger partial charge in [0, 0.05) is 56.4 Å². The minimum atomic E-state index is -0.580. The second-order valence-electron chi connectivity index (χ2n) is 10.5. The number of ether oxygens (including phenoxy) is 1. The van der Waals surface area contributed by atoms with Crippen molar-refractivity contribution in [1.29, 1.82) is 0 Å². The molecule has 7 nitrogen and oxygen atoms in total. The van der Waals surface area contributed by atoms with Gasteiger partial charge in [0.2, 0.25) is 0 Å². The van der Waals surface area contributed by atoms with Gasteiger partial charge in [-0.25, -0.2) is 18.7 Å². The van der Waals surface area contributed by atoms with E-state index in [4.69, 9.17) is 4.74 Å². The molecule has 0 amide bonds. The number of benzene rings is 2. The van der Waals surface area contributed by atoms with Crippen molar-refractivity contribution in [3.63, 3.8) is 0 Å². The minimum absolute atomic E-state index is 0.0944. The highest BCUT2D eigenvalue weighted by atomic mass is 19.1. The summed E-state index contributed by atoms with van der Waals surface area (Å²) in [4.78, 5) is 15.5. The lowest BCUT2D eigenvalue weighted by atomic mass is 10.0. The van der Waals surface area contributed by atoms with Crippen LogP contribution < -0.4 is 19.9 Å². The third-order valence-corrected chi connectivity index (χ3v) is 7.05. The highest BCUT2D eigenvalue weighted by Crippen LogP contribution is 2.39. The maximum Gasteiger partial charge on any atom is 0.178 e. The van der Waals surface area contributed by atoms with Crippen LogP contribution in [-0.2, 0) is 13.0 Å². The molecule has 1 saturated heterocycles.